The summed E-state index contributed by atoms with van der Waals surface area (Å²) in [6.07, 6.45) is 0. The van der Waals surface area contributed by atoms with E-state index in [4.69, 9.17) is 4.74 Å². The van der Waals surface area contributed by atoms with Gasteiger partial charge in [0.25, 0.3) is 5.91 Å². The fraction of sp³-hybridized carbons (Fsp3) is 0.462. The van der Waals surface area contributed by atoms with Gasteiger partial charge in [0, 0.05) is 22.0 Å². The zero-order valence-electron chi connectivity index (χ0n) is 10.0. The van der Waals surface area contributed by atoms with E-state index < -0.39 is 0 Å². The lowest BCUT2D eigenvalue weighted by molar-refractivity contribution is -0.0978. The van der Waals surface area contributed by atoms with Crippen LogP contribution < -0.4 is 5.32 Å². The van der Waals surface area contributed by atoms with Crippen molar-refractivity contribution < 1.29 is 9.53 Å². The van der Waals surface area contributed by atoms with Gasteiger partial charge in [0.05, 0.1) is 13.2 Å². The molecule has 1 heterocycles. The molecule has 0 saturated carbocycles. The Morgan fingerprint density at radius 1 is 1.53 bits per heavy atom. The summed E-state index contributed by atoms with van der Waals surface area (Å²) in [6.45, 7) is 6.17. The van der Waals surface area contributed by atoms with Gasteiger partial charge in [0.2, 0.25) is 0 Å². The highest BCUT2D eigenvalue weighted by atomic mass is 79.9. The molecule has 1 saturated heterocycles. The topological polar surface area (TPSA) is 38.3 Å². The van der Waals surface area contributed by atoms with Crippen LogP contribution in [0.1, 0.15) is 22.8 Å². The number of carbonyl (C=O) groups excluding carboxylic acids is 1. The van der Waals surface area contributed by atoms with Gasteiger partial charge < -0.3 is 10.1 Å². The number of benzene rings is 1. The van der Waals surface area contributed by atoms with E-state index in [1.165, 1.54) is 0 Å². The SMILES string of the molecule is Cc1ccc(Br)cc1C(=O)NCC1(C)COC1. The number of halogens is 1. The van der Waals surface area contributed by atoms with E-state index in [0.717, 1.165) is 28.8 Å². The van der Waals surface area contributed by atoms with Crippen LogP contribution in [-0.2, 0) is 4.74 Å². The fourth-order valence-corrected chi connectivity index (χ4v) is 2.14. The Labute approximate surface area is 110 Å². The summed E-state index contributed by atoms with van der Waals surface area (Å²) in [4.78, 5) is 12.0. The molecule has 1 fully saturated rings. The van der Waals surface area contributed by atoms with E-state index in [1.54, 1.807) is 0 Å². The number of carbonyl (C=O) groups is 1. The number of hydrogen-bond acceptors (Lipinski definition) is 2. The Hall–Kier alpha value is -0.870. The molecule has 1 amide bonds. The van der Waals surface area contributed by atoms with Crippen molar-refractivity contribution in [1.82, 2.24) is 5.32 Å². The smallest absolute Gasteiger partial charge is 0.251 e. The third-order valence-corrected chi connectivity index (χ3v) is 3.51. The second-order valence-corrected chi connectivity index (χ2v) is 5.86. The quantitative estimate of drug-likeness (QED) is 0.931. The number of hydrogen-bond donors (Lipinski definition) is 1. The highest BCUT2D eigenvalue weighted by Gasteiger charge is 2.33. The minimum absolute atomic E-state index is 0.0167. The molecule has 92 valence electrons. The van der Waals surface area contributed by atoms with Crippen molar-refractivity contribution in [2.75, 3.05) is 19.8 Å². The Morgan fingerprint density at radius 3 is 2.82 bits per heavy atom. The van der Waals surface area contributed by atoms with Crippen LogP contribution in [0.5, 0.6) is 0 Å². The second kappa shape index (κ2) is 4.78. The summed E-state index contributed by atoms with van der Waals surface area (Å²) in [5.74, 6) is -0.0167. The minimum Gasteiger partial charge on any atom is -0.380 e. The van der Waals surface area contributed by atoms with Gasteiger partial charge in [0.15, 0.2) is 0 Å². The van der Waals surface area contributed by atoms with E-state index in [2.05, 4.69) is 28.2 Å². The Bertz CT molecular complexity index is 441. The molecule has 3 nitrogen and oxygen atoms in total. The van der Waals surface area contributed by atoms with Crippen molar-refractivity contribution in [2.45, 2.75) is 13.8 Å². The molecule has 0 unspecified atom stereocenters. The molecule has 0 bridgehead atoms. The van der Waals surface area contributed by atoms with Crippen molar-refractivity contribution in [2.24, 2.45) is 5.41 Å². The summed E-state index contributed by atoms with van der Waals surface area (Å²) in [6, 6.07) is 5.73. The first kappa shape index (κ1) is 12.6. The van der Waals surface area contributed by atoms with Crippen molar-refractivity contribution in [3.63, 3.8) is 0 Å². The first-order chi connectivity index (χ1) is 8.00. The van der Waals surface area contributed by atoms with E-state index in [1.807, 2.05) is 25.1 Å². The van der Waals surface area contributed by atoms with E-state index in [-0.39, 0.29) is 11.3 Å². The van der Waals surface area contributed by atoms with Gasteiger partial charge >= 0.3 is 0 Å². The molecule has 1 aromatic carbocycles. The molecular formula is C13H16BrNO2. The molecule has 0 aliphatic carbocycles. The maximum atomic E-state index is 12.0. The van der Waals surface area contributed by atoms with Crippen LogP contribution in [0.25, 0.3) is 0 Å². The predicted molar refractivity (Wildman–Crippen MR) is 70.1 cm³/mol. The van der Waals surface area contributed by atoms with Crippen molar-refractivity contribution in [3.05, 3.63) is 33.8 Å². The fourth-order valence-electron chi connectivity index (χ4n) is 1.78. The monoisotopic (exact) mass is 297 g/mol. The lowest BCUT2D eigenvalue weighted by atomic mass is 9.88. The largest absolute Gasteiger partial charge is 0.380 e. The molecule has 0 radical (unpaired) electrons. The number of rotatable bonds is 3. The van der Waals surface area contributed by atoms with Gasteiger partial charge in [-0.1, -0.05) is 28.9 Å². The Morgan fingerprint density at radius 2 is 2.24 bits per heavy atom. The molecule has 1 aromatic rings. The van der Waals surface area contributed by atoms with Gasteiger partial charge in [-0.3, -0.25) is 4.79 Å². The van der Waals surface area contributed by atoms with Crippen LogP contribution in [0, 0.1) is 12.3 Å². The number of ether oxygens (including phenoxy) is 1. The minimum atomic E-state index is -0.0167. The lowest BCUT2D eigenvalue weighted by Crippen LogP contribution is -2.48. The van der Waals surface area contributed by atoms with E-state index >= 15 is 0 Å². The lowest BCUT2D eigenvalue weighted by Gasteiger charge is -2.38. The van der Waals surface area contributed by atoms with Crippen LogP contribution in [0.3, 0.4) is 0 Å². The van der Waals surface area contributed by atoms with Gasteiger partial charge in [-0.05, 0) is 24.6 Å². The summed E-state index contributed by atoms with van der Waals surface area (Å²) < 4.78 is 6.08. The zero-order valence-corrected chi connectivity index (χ0v) is 11.6. The first-order valence-electron chi connectivity index (χ1n) is 5.62. The summed E-state index contributed by atoms with van der Waals surface area (Å²) in [5.41, 5.74) is 1.82. The highest BCUT2D eigenvalue weighted by molar-refractivity contribution is 9.10. The second-order valence-electron chi connectivity index (χ2n) is 4.95. The van der Waals surface area contributed by atoms with Crippen LogP contribution >= 0.6 is 15.9 Å². The van der Waals surface area contributed by atoms with Gasteiger partial charge in [-0.2, -0.15) is 0 Å². The van der Waals surface area contributed by atoms with E-state index in [0.29, 0.717) is 6.54 Å². The summed E-state index contributed by atoms with van der Waals surface area (Å²) >= 11 is 3.38. The molecular weight excluding hydrogens is 282 g/mol. The van der Waals surface area contributed by atoms with Gasteiger partial charge in [0.1, 0.15) is 0 Å². The average molecular weight is 298 g/mol. The molecule has 17 heavy (non-hydrogen) atoms. The standard InChI is InChI=1S/C13H16BrNO2/c1-9-3-4-10(14)5-11(9)12(16)15-6-13(2)7-17-8-13/h3-5H,6-8H2,1-2H3,(H,15,16). The first-order valence-corrected chi connectivity index (χ1v) is 6.42. The number of aryl methyl sites for hydroxylation is 1. The predicted octanol–water partition coefficient (Wildman–Crippen LogP) is 2.52. The summed E-state index contributed by atoms with van der Waals surface area (Å²) in [5, 5.41) is 2.97. The van der Waals surface area contributed by atoms with Crippen molar-refractivity contribution in [1.29, 1.82) is 0 Å². The van der Waals surface area contributed by atoms with Gasteiger partial charge in [-0.15, -0.1) is 0 Å². The molecule has 0 aromatic heterocycles. The van der Waals surface area contributed by atoms with Crippen LogP contribution in [0.15, 0.2) is 22.7 Å². The zero-order chi connectivity index (χ0) is 12.5. The highest BCUT2D eigenvalue weighted by Crippen LogP contribution is 2.25. The van der Waals surface area contributed by atoms with Crippen LogP contribution in [0.4, 0.5) is 0 Å². The molecule has 0 spiro atoms. The maximum Gasteiger partial charge on any atom is 0.251 e. The molecule has 0 atom stereocenters. The Balaban J connectivity index is 2.01. The molecule has 1 aliphatic heterocycles. The third-order valence-electron chi connectivity index (χ3n) is 3.02. The number of amides is 1. The molecule has 1 aliphatic rings. The maximum absolute atomic E-state index is 12.0. The van der Waals surface area contributed by atoms with Crippen molar-refractivity contribution >= 4 is 21.8 Å². The average Bonchev–Trinajstić information content (AvgIpc) is 2.26. The normalized spacial score (nSPS) is 17.4. The summed E-state index contributed by atoms with van der Waals surface area (Å²) in [7, 11) is 0. The van der Waals surface area contributed by atoms with Crippen LogP contribution in [-0.4, -0.2) is 25.7 Å². The third kappa shape index (κ3) is 2.87. The van der Waals surface area contributed by atoms with Gasteiger partial charge in [-0.25, -0.2) is 0 Å². The molecule has 2 rings (SSSR count). The molecule has 4 heteroatoms. The van der Waals surface area contributed by atoms with Crippen LogP contribution in [0.2, 0.25) is 0 Å². The molecule has 1 N–H and O–H groups in total. The Kier molecular flexibility index (Phi) is 3.54. The van der Waals surface area contributed by atoms with Crippen molar-refractivity contribution in [3.8, 4) is 0 Å². The van der Waals surface area contributed by atoms with E-state index in [9.17, 15) is 4.79 Å². The number of nitrogens with one attached hydrogen (secondary N) is 1.